The molecule has 0 fully saturated rings. The molecule has 1 aliphatic rings. The van der Waals surface area contributed by atoms with Crippen LogP contribution in [-0.4, -0.2) is 39.7 Å². The number of nitrogens with zero attached hydrogens (tertiary/aromatic N) is 2. The Hall–Kier alpha value is -2.78. The highest BCUT2D eigenvalue weighted by Gasteiger charge is 2.26. The van der Waals surface area contributed by atoms with E-state index in [0.29, 0.717) is 28.9 Å². The molecule has 23 heavy (non-hydrogen) atoms. The first-order valence-electron chi connectivity index (χ1n) is 6.98. The number of nitrogens with two attached hydrogens (primary N) is 1. The molecule has 3 rings (SSSR count). The van der Waals surface area contributed by atoms with Crippen molar-refractivity contribution in [2.45, 2.75) is 6.42 Å². The molecule has 0 aliphatic carbocycles. The van der Waals surface area contributed by atoms with Gasteiger partial charge in [-0.05, 0) is 30.1 Å². The number of aromatic nitrogens is 2. The monoisotopic (exact) mass is 314 g/mol. The van der Waals surface area contributed by atoms with Gasteiger partial charge < -0.3 is 20.5 Å². The summed E-state index contributed by atoms with van der Waals surface area (Å²) in [4.78, 5) is 12.4. The molecule has 118 valence electrons. The maximum absolute atomic E-state index is 11.1. The molecule has 1 aliphatic heterocycles. The lowest BCUT2D eigenvalue weighted by Crippen LogP contribution is -2.28. The first-order chi connectivity index (χ1) is 11.1. The third-order valence-electron chi connectivity index (χ3n) is 3.42. The van der Waals surface area contributed by atoms with Crippen LogP contribution in [0.5, 0.6) is 5.75 Å². The van der Waals surface area contributed by atoms with Gasteiger partial charge in [-0.25, -0.2) is 0 Å². The molecule has 0 saturated carbocycles. The van der Waals surface area contributed by atoms with Crippen molar-refractivity contribution in [2.24, 2.45) is 5.73 Å². The highest BCUT2D eigenvalue weighted by atomic mass is 16.5. The Bertz CT molecular complexity index is 774. The maximum atomic E-state index is 11.1. The summed E-state index contributed by atoms with van der Waals surface area (Å²) in [6.07, 6.45) is 4.96. The van der Waals surface area contributed by atoms with Crippen molar-refractivity contribution >= 4 is 24.8 Å². The van der Waals surface area contributed by atoms with Crippen LogP contribution in [-0.2, 0) is 0 Å². The van der Waals surface area contributed by atoms with Crippen molar-refractivity contribution in [1.29, 1.82) is 0 Å². The predicted octanol–water partition coefficient (Wildman–Crippen LogP) is 0.0351. The van der Waals surface area contributed by atoms with Gasteiger partial charge in [0.25, 0.3) is 5.91 Å². The number of carbonyl (C=O) groups is 1. The number of hydrogen-bond donors (Lipinski definition) is 4. The van der Waals surface area contributed by atoms with Gasteiger partial charge >= 0.3 is 7.12 Å². The average Bonchev–Trinajstić information content (AvgIpc) is 2.97. The van der Waals surface area contributed by atoms with E-state index in [1.54, 1.807) is 18.2 Å². The first kappa shape index (κ1) is 15.1. The fourth-order valence-corrected chi connectivity index (χ4v) is 2.27. The van der Waals surface area contributed by atoms with E-state index in [2.05, 4.69) is 10.5 Å². The van der Waals surface area contributed by atoms with Gasteiger partial charge in [-0.3, -0.25) is 10.2 Å². The second kappa shape index (κ2) is 6.15. The van der Waals surface area contributed by atoms with Gasteiger partial charge in [-0.2, -0.15) is 9.89 Å². The van der Waals surface area contributed by atoms with Crippen molar-refractivity contribution in [1.82, 2.24) is 9.89 Å². The van der Waals surface area contributed by atoms with Crippen LogP contribution in [0.2, 0.25) is 0 Å². The van der Waals surface area contributed by atoms with Gasteiger partial charge in [0, 0.05) is 12.2 Å². The number of benzene rings is 1. The van der Waals surface area contributed by atoms with E-state index in [-0.39, 0.29) is 6.61 Å². The third kappa shape index (κ3) is 3.20. The summed E-state index contributed by atoms with van der Waals surface area (Å²) in [6.45, 7) is -0.0668. The molecule has 0 saturated heterocycles. The van der Waals surface area contributed by atoms with Gasteiger partial charge in [0.1, 0.15) is 5.75 Å². The van der Waals surface area contributed by atoms with Crippen molar-refractivity contribution in [3.8, 4) is 5.75 Å². The number of carbonyl (C=O) groups excluding carboxylic acids is 1. The molecule has 0 unspecified atom stereocenters. The third-order valence-corrected chi connectivity index (χ3v) is 3.42. The molecule has 0 atom stereocenters. The van der Waals surface area contributed by atoms with Crippen LogP contribution >= 0.6 is 0 Å². The highest BCUT2D eigenvalue weighted by molar-refractivity contribution is 6.54. The molecule has 0 radical (unpaired) electrons. The minimum Gasteiger partial charge on any atom is -0.532 e. The molecule has 5 N–H and O–H groups in total. The Morgan fingerprint density at radius 2 is 2.30 bits per heavy atom. The fraction of sp³-hybridized carbons (Fsp3) is 0.143. The van der Waals surface area contributed by atoms with Crippen LogP contribution in [0, 0.1) is 0 Å². The zero-order valence-electron chi connectivity index (χ0n) is 12.1. The Balaban J connectivity index is 1.83. The Kier molecular flexibility index (Phi) is 4.05. The van der Waals surface area contributed by atoms with Gasteiger partial charge in [-0.15, -0.1) is 0 Å². The van der Waals surface area contributed by atoms with Crippen molar-refractivity contribution in [2.75, 3.05) is 12.0 Å². The van der Waals surface area contributed by atoms with Gasteiger partial charge in [0.2, 0.25) is 0 Å². The number of hydrogen-bond acceptors (Lipinski definition) is 6. The SMILES string of the molecule is NC(=O)c1cnn(Nc2ccc3c(c2)C=C(CCO)B(O)O3)c1. The van der Waals surface area contributed by atoms with Crippen LogP contribution in [0.3, 0.4) is 0 Å². The quantitative estimate of drug-likeness (QED) is 0.578. The summed E-state index contributed by atoms with van der Waals surface area (Å²) in [6, 6.07) is 5.28. The zero-order chi connectivity index (χ0) is 16.4. The summed E-state index contributed by atoms with van der Waals surface area (Å²) < 4.78 is 5.40. The number of aliphatic hydroxyl groups is 1. The Morgan fingerprint density at radius 1 is 1.48 bits per heavy atom. The van der Waals surface area contributed by atoms with Crippen LogP contribution in [0.25, 0.3) is 6.08 Å². The molecular weight excluding hydrogens is 299 g/mol. The number of rotatable bonds is 5. The van der Waals surface area contributed by atoms with Gasteiger partial charge in [-0.1, -0.05) is 6.08 Å². The summed E-state index contributed by atoms with van der Waals surface area (Å²) in [5, 5.41) is 22.8. The Labute approximate surface area is 132 Å². The van der Waals surface area contributed by atoms with Crippen molar-refractivity contribution in [3.63, 3.8) is 0 Å². The molecule has 0 spiro atoms. The zero-order valence-corrected chi connectivity index (χ0v) is 12.1. The number of primary amides is 1. The van der Waals surface area contributed by atoms with Crippen LogP contribution in [0.1, 0.15) is 22.3 Å². The standard InChI is InChI=1S/C14H15BN4O4/c16-14(21)10-7-17-19(8-10)18-12-1-2-13-9(6-12)5-11(3-4-20)15(22)23-13/h1-2,5-8,18,20,22H,3-4H2,(H2,16,21). The summed E-state index contributed by atoms with van der Waals surface area (Å²) in [7, 11) is -1.04. The van der Waals surface area contributed by atoms with E-state index in [1.165, 1.54) is 17.2 Å². The summed E-state index contributed by atoms with van der Waals surface area (Å²) in [5.41, 5.74) is 10.6. The summed E-state index contributed by atoms with van der Waals surface area (Å²) >= 11 is 0. The first-order valence-corrected chi connectivity index (χ1v) is 6.98. The lowest BCUT2D eigenvalue weighted by atomic mass is 9.74. The lowest BCUT2D eigenvalue weighted by molar-refractivity contribution is 0.1000. The predicted molar refractivity (Wildman–Crippen MR) is 84.5 cm³/mol. The fourth-order valence-electron chi connectivity index (χ4n) is 2.27. The molecule has 1 amide bonds. The lowest BCUT2D eigenvalue weighted by Gasteiger charge is -2.21. The molecule has 9 heteroatoms. The van der Waals surface area contributed by atoms with E-state index in [4.69, 9.17) is 15.5 Å². The molecule has 2 aromatic rings. The van der Waals surface area contributed by atoms with Crippen molar-refractivity contribution in [3.05, 3.63) is 47.2 Å². The van der Waals surface area contributed by atoms with E-state index in [1.807, 2.05) is 6.07 Å². The summed E-state index contributed by atoms with van der Waals surface area (Å²) in [5.74, 6) is -0.00881. The number of fused-ring (bicyclic) bond motifs is 1. The topological polar surface area (TPSA) is 123 Å². The Morgan fingerprint density at radius 3 is 3.00 bits per heavy atom. The highest BCUT2D eigenvalue weighted by Crippen LogP contribution is 2.31. The van der Waals surface area contributed by atoms with E-state index >= 15 is 0 Å². The van der Waals surface area contributed by atoms with E-state index < -0.39 is 13.0 Å². The molecule has 0 bridgehead atoms. The minimum atomic E-state index is -1.04. The van der Waals surface area contributed by atoms with E-state index in [9.17, 15) is 9.82 Å². The second-order valence-electron chi connectivity index (χ2n) is 5.07. The van der Waals surface area contributed by atoms with Gasteiger partial charge in [0.05, 0.1) is 23.6 Å². The van der Waals surface area contributed by atoms with Crippen LogP contribution < -0.4 is 15.8 Å². The average molecular weight is 314 g/mol. The molecular formula is C14H15BN4O4. The molecule has 1 aromatic carbocycles. The smallest absolute Gasteiger partial charge is 0.532 e. The van der Waals surface area contributed by atoms with E-state index in [0.717, 1.165) is 5.56 Å². The van der Waals surface area contributed by atoms with Crippen molar-refractivity contribution < 1.29 is 19.6 Å². The molecule has 2 heterocycles. The van der Waals surface area contributed by atoms with Crippen LogP contribution in [0.15, 0.2) is 36.1 Å². The minimum absolute atomic E-state index is 0.0668. The number of anilines is 1. The number of amides is 1. The number of nitrogens with one attached hydrogen (secondary N) is 1. The maximum Gasteiger partial charge on any atom is 0.555 e. The van der Waals surface area contributed by atoms with Gasteiger partial charge in [0.15, 0.2) is 0 Å². The second-order valence-corrected chi connectivity index (χ2v) is 5.07. The van der Waals surface area contributed by atoms with Crippen LogP contribution in [0.4, 0.5) is 5.69 Å². The molecule has 8 nitrogen and oxygen atoms in total. The largest absolute Gasteiger partial charge is 0.555 e. The molecule has 1 aromatic heterocycles. The normalized spacial score (nSPS) is 13.1. The number of aliphatic hydroxyl groups excluding tert-OH is 1.